The van der Waals surface area contributed by atoms with Crippen molar-refractivity contribution in [2.24, 2.45) is 4.99 Å². The molecule has 1 fully saturated rings. The van der Waals surface area contributed by atoms with Gasteiger partial charge in [0.05, 0.1) is 22.7 Å². The molecule has 5 nitrogen and oxygen atoms in total. The van der Waals surface area contributed by atoms with Crippen molar-refractivity contribution < 1.29 is 4.92 Å². The maximum Gasteiger partial charge on any atom is 0.269 e. The maximum absolute atomic E-state index is 10.9. The van der Waals surface area contributed by atoms with E-state index in [0.29, 0.717) is 0 Å². The number of thiophene rings is 1. The van der Waals surface area contributed by atoms with Crippen LogP contribution >= 0.6 is 11.3 Å². The molecule has 3 aromatic rings. The minimum atomic E-state index is -0.358. The van der Waals surface area contributed by atoms with E-state index in [1.165, 1.54) is 4.88 Å². The monoisotopic (exact) mass is 361 g/mol. The molecule has 0 amide bonds. The van der Waals surface area contributed by atoms with Crippen LogP contribution in [0.3, 0.4) is 0 Å². The zero-order valence-corrected chi connectivity index (χ0v) is 14.5. The number of nitro groups is 1. The average molecular weight is 361 g/mol. The molecular formula is C20H15N3O2S. The molecule has 6 heteroatoms. The highest BCUT2D eigenvalue weighted by Crippen LogP contribution is 2.56. The van der Waals surface area contributed by atoms with Crippen molar-refractivity contribution in [3.8, 4) is 0 Å². The zero-order chi connectivity index (χ0) is 17.7. The van der Waals surface area contributed by atoms with Crippen molar-refractivity contribution in [2.75, 3.05) is 0 Å². The van der Waals surface area contributed by atoms with Gasteiger partial charge in [0.1, 0.15) is 6.17 Å². The highest BCUT2D eigenvalue weighted by atomic mass is 32.1. The molecule has 2 aliphatic heterocycles. The molecule has 1 aromatic heterocycles. The molecule has 0 radical (unpaired) electrons. The van der Waals surface area contributed by atoms with Crippen molar-refractivity contribution in [2.45, 2.75) is 18.2 Å². The summed E-state index contributed by atoms with van der Waals surface area (Å²) in [6.45, 7) is 0. The third-order valence-electron chi connectivity index (χ3n) is 4.99. The summed E-state index contributed by atoms with van der Waals surface area (Å²) < 4.78 is 0. The quantitative estimate of drug-likeness (QED) is 0.388. The van der Waals surface area contributed by atoms with E-state index in [1.807, 2.05) is 30.3 Å². The van der Waals surface area contributed by atoms with Crippen LogP contribution in [0.5, 0.6) is 0 Å². The molecule has 5 rings (SSSR count). The molecule has 0 saturated carbocycles. The largest absolute Gasteiger partial charge is 0.269 e. The fraction of sp³-hybridized carbons (Fsp3) is 0.150. The van der Waals surface area contributed by atoms with E-state index in [2.05, 4.69) is 34.5 Å². The van der Waals surface area contributed by atoms with Crippen LogP contribution in [0.15, 0.2) is 77.1 Å². The van der Waals surface area contributed by atoms with Crippen LogP contribution in [0.4, 0.5) is 5.69 Å². The van der Waals surface area contributed by atoms with E-state index in [0.717, 1.165) is 16.8 Å². The van der Waals surface area contributed by atoms with Gasteiger partial charge in [-0.1, -0.05) is 48.5 Å². The van der Waals surface area contributed by atoms with Crippen molar-refractivity contribution >= 4 is 22.7 Å². The van der Waals surface area contributed by atoms with Crippen molar-refractivity contribution in [1.29, 1.82) is 0 Å². The molecule has 0 spiro atoms. The summed E-state index contributed by atoms with van der Waals surface area (Å²) in [6, 6.07) is 21.8. The van der Waals surface area contributed by atoms with E-state index in [4.69, 9.17) is 4.99 Å². The second kappa shape index (κ2) is 5.86. The molecule has 2 aromatic carbocycles. The van der Waals surface area contributed by atoms with Crippen LogP contribution < -0.4 is 0 Å². The summed E-state index contributed by atoms with van der Waals surface area (Å²) in [6.07, 6.45) is 0.0235. The highest BCUT2D eigenvalue weighted by molar-refractivity contribution is 7.10. The fourth-order valence-corrected chi connectivity index (χ4v) is 4.54. The summed E-state index contributed by atoms with van der Waals surface area (Å²) in [7, 11) is 0. The first kappa shape index (κ1) is 15.4. The summed E-state index contributed by atoms with van der Waals surface area (Å²) in [4.78, 5) is 19.2. The molecule has 128 valence electrons. The second-order valence-electron chi connectivity index (χ2n) is 6.45. The van der Waals surface area contributed by atoms with Gasteiger partial charge in [0.2, 0.25) is 0 Å². The van der Waals surface area contributed by atoms with Crippen molar-refractivity contribution in [3.05, 3.63) is 98.2 Å². The van der Waals surface area contributed by atoms with Crippen molar-refractivity contribution in [1.82, 2.24) is 4.90 Å². The Bertz CT molecular complexity index is 984. The molecule has 0 N–H and O–H groups in total. The number of hydrogen-bond donors (Lipinski definition) is 0. The molecule has 3 heterocycles. The van der Waals surface area contributed by atoms with Gasteiger partial charge in [-0.05, 0) is 22.6 Å². The lowest BCUT2D eigenvalue weighted by molar-refractivity contribution is -0.384. The predicted molar refractivity (Wildman–Crippen MR) is 102 cm³/mol. The summed E-state index contributed by atoms with van der Waals surface area (Å²) in [5.41, 5.74) is 3.48. The van der Waals surface area contributed by atoms with Crippen LogP contribution in [0.1, 0.15) is 28.2 Å². The van der Waals surface area contributed by atoms with Crippen LogP contribution in [0, 0.1) is 10.1 Å². The third-order valence-corrected chi connectivity index (χ3v) is 5.90. The van der Waals surface area contributed by atoms with Crippen LogP contribution in [0.25, 0.3) is 0 Å². The number of benzene rings is 2. The van der Waals surface area contributed by atoms with E-state index in [-0.39, 0.29) is 28.9 Å². The van der Waals surface area contributed by atoms with Gasteiger partial charge < -0.3 is 0 Å². The first-order chi connectivity index (χ1) is 12.7. The Labute approximate surface area is 154 Å². The molecular weight excluding hydrogens is 346 g/mol. The highest BCUT2D eigenvalue weighted by Gasteiger charge is 2.59. The van der Waals surface area contributed by atoms with Crippen LogP contribution in [-0.4, -0.2) is 21.6 Å². The number of fused-ring (bicyclic) bond motifs is 1. The molecule has 0 aliphatic carbocycles. The van der Waals surface area contributed by atoms with Crippen LogP contribution in [0.2, 0.25) is 0 Å². The molecule has 4 atom stereocenters. The Kier molecular flexibility index (Phi) is 3.48. The lowest BCUT2D eigenvalue weighted by atomic mass is 10.0. The predicted octanol–water partition coefficient (Wildman–Crippen LogP) is 4.58. The van der Waals surface area contributed by atoms with Gasteiger partial charge >= 0.3 is 0 Å². The zero-order valence-electron chi connectivity index (χ0n) is 13.7. The lowest BCUT2D eigenvalue weighted by Crippen LogP contribution is -2.08. The number of aliphatic imine (C=N–C) groups is 1. The summed E-state index contributed by atoms with van der Waals surface area (Å²) in [5, 5.41) is 13.0. The normalized spacial score (nSPS) is 26.2. The van der Waals surface area contributed by atoms with Crippen LogP contribution in [-0.2, 0) is 0 Å². The van der Waals surface area contributed by atoms with Gasteiger partial charge in [0.15, 0.2) is 0 Å². The standard InChI is InChI=1S/C20H15N3O2S/c24-23(25)15-10-8-14(9-11-15)18-19-17(13-5-2-1-3-6-13)21-20(22(18)19)16-7-4-12-26-16/h1-12,18-20H. The molecule has 0 bridgehead atoms. The van der Waals surface area contributed by atoms with E-state index < -0.39 is 0 Å². The molecule has 2 aliphatic rings. The Morgan fingerprint density at radius 3 is 2.38 bits per heavy atom. The molecule has 1 saturated heterocycles. The summed E-state index contributed by atoms with van der Waals surface area (Å²) in [5.74, 6) is 0. The fourth-order valence-electron chi connectivity index (χ4n) is 3.77. The number of non-ortho nitro benzene ring substituents is 1. The van der Waals surface area contributed by atoms with Gasteiger partial charge in [0.25, 0.3) is 5.69 Å². The van der Waals surface area contributed by atoms with Gasteiger partial charge in [-0.2, -0.15) is 0 Å². The Morgan fingerprint density at radius 1 is 0.962 bits per heavy atom. The number of nitrogens with zero attached hydrogens (tertiary/aromatic N) is 3. The van der Waals surface area contributed by atoms with E-state index in [9.17, 15) is 10.1 Å². The smallest absolute Gasteiger partial charge is 0.263 e. The van der Waals surface area contributed by atoms with E-state index in [1.54, 1.807) is 23.5 Å². The molecule has 26 heavy (non-hydrogen) atoms. The van der Waals surface area contributed by atoms with Gasteiger partial charge in [0, 0.05) is 17.0 Å². The topological polar surface area (TPSA) is 58.5 Å². The number of rotatable bonds is 4. The number of hydrogen-bond acceptors (Lipinski definition) is 5. The Morgan fingerprint density at radius 2 is 1.73 bits per heavy atom. The average Bonchev–Trinajstić information content (AvgIpc) is 3.02. The first-order valence-corrected chi connectivity index (χ1v) is 9.30. The van der Waals surface area contributed by atoms with Gasteiger partial charge in [-0.25, -0.2) is 0 Å². The maximum atomic E-state index is 10.9. The van der Waals surface area contributed by atoms with Crippen molar-refractivity contribution in [3.63, 3.8) is 0 Å². The molecule has 4 unspecified atom stereocenters. The second-order valence-corrected chi connectivity index (χ2v) is 7.43. The Hall–Kier alpha value is -2.83. The minimum absolute atomic E-state index is 0.0235. The third kappa shape index (κ3) is 2.38. The lowest BCUT2D eigenvalue weighted by Gasteiger charge is -2.12. The Balaban J connectivity index is 1.52. The number of nitro benzene ring substituents is 1. The minimum Gasteiger partial charge on any atom is -0.263 e. The van der Waals surface area contributed by atoms with Gasteiger partial charge in [-0.3, -0.25) is 20.0 Å². The summed E-state index contributed by atoms with van der Waals surface area (Å²) >= 11 is 1.71. The first-order valence-electron chi connectivity index (χ1n) is 8.42. The van der Waals surface area contributed by atoms with E-state index >= 15 is 0 Å². The SMILES string of the molecule is O=[N+]([O-])c1ccc(C2C3C(c4ccccc4)=NC(c4cccs4)N32)cc1. The van der Waals surface area contributed by atoms with Gasteiger partial charge in [-0.15, -0.1) is 11.3 Å².